The molecule has 2 fully saturated rings. The predicted octanol–water partition coefficient (Wildman–Crippen LogP) is 1.86. The van der Waals surface area contributed by atoms with Gasteiger partial charge in [0.2, 0.25) is 0 Å². The van der Waals surface area contributed by atoms with E-state index in [2.05, 4.69) is 30.7 Å². The fraction of sp³-hybridized carbons (Fsp3) is 0.476. The van der Waals surface area contributed by atoms with Crippen molar-refractivity contribution >= 4 is 11.5 Å². The van der Waals surface area contributed by atoms with Crippen LogP contribution in [-0.2, 0) is 6.54 Å². The number of pyridine rings is 1. The SMILES string of the molecule is O=c1cc(-c2cnc3c(N4CCCC4)nccn23)cc2n1C[C@@H]1CNC[C@H]2C1. The molecule has 3 aromatic heterocycles. The third kappa shape index (κ3) is 2.42. The van der Waals surface area contributed by atoms with Gasteiger partial charge in [-0.05, 0) is 37.8 Å². The number of fused-ring (bicyclic) bond motifs is 5. The number of piperidine rings is 1. The summed E-state index contributed by atoms with van der Waals surface area (Å²) in [4.78, 5) is 24.5. The molecule has 2 atom stereocenters. The molecule has 28 heavy (non-hydrogen) atoms. The van der Waals surface area contributed by atoms with E-state index in [4.69, 9.17) is 0 Å². The minimum Gasteiger partial charge on any atom is -0.354 e. The molecule has 6 rings (SSSR count). The monoisotopic (exact) mass is 376 g/mol. The zero-order valence-corrected chi connectivity index (χ0v) is 15.8. The lowest BCUT2D eigenvalue weighted by Crippen LogP contribution is -2.44. The molecular formula is C21H24N6O. The first-order chi connectivity index (χ1) is 13.8. The van der Waals surface area contributed by atoms with Gasteiger partial charge in [-0.1, -0.05) is 0 Å². The first-order valence-electron chi connectivity index (χ1n) is 10.3. The van der Waals surface area contributed by atoms with Crippen LogP contribution in [0.5, 0.6) is 0 Å². The second-order valence-electron chi connectivity index (χ2n) is 8.36. The van der Waals surface area contributed by atoms with Crippen LogP contribution in [0, 0.1) is 5.92 Å². The highest BCUT2D eigenvalue weighted by atomic mass is 16.1. The number of nitrogens with zero attached hydrogens (tertiary/aromatic N) is 5. The Kier molecular flexibility index (Phi) is 3.59. The molecule has 7 nitrogen and oxygen atoms in total. The Balaban J connectivity index is 1.49. The average molecular weight is 376 g/mol. The second kappa shape index (κ2) is 6.17. The molecule has 0 aromatic carbocycles. The molecule has 3 aromatic rings. The Hall–Kier alpha value is -2.67. The summed E-state index contributed by atoms with van der Waals surface area (Å²) in [5.41, 5.74) is 4.05. The van der Waals surface area contributed by atoms with Crippen LogP contribution in [0.2, 0.25) is 0 Å². The highest BCUT2D eigenvalue weighted by Crippen LogP contribution is 2.34. The molecule has 0 radical (unpaired) electrons. The summed E-state index contributed by atoms with van der Waals surface area (Å²) in [5.74, 6) is 1.93. The van der Waals surface area contributed by atoms with Crippen LogP contribution in [0.3, 0.4) is 0 Å². The third-order valence-electron chi connectivity index (χ3n) is 6.57. The maximum Gasteiger partial charge on any atom is 0.251 e. The Labute approximate surface area is 163 Å². The van der Waals surface area contributed by atoms with Crippen LogP contribution in [-0.4, -0.2) is 45.1 Å². The minimum absolute atomic E-state index is 0.105. The van der Waals surface area contributed by atoms with Crippen LogP contribution < -0.4 is 15.8 Å². The Bertz CT molecular complexity index is 1110. The van der Waals surface area contributed by atoms with E-state index < -0.39 is 0 Å². The first-order valence-corrected chi connectivity index (χ1v) is 10.3. The van der Waals surface area contributed by atoms with Gasteiger partial charge in [-0.15, -0.1) is 0 Å². The van der Waals surface area contributed by atoms with Crippen molar-refractivity contribution in [3.05, 3.63) is 46.8 Å². The molecular weight excluding hydrogens is 352 g/mol. The number of hydrogen-bond acceptors (Lipinski definition) is 5. The summed E-state index contributed by atoms with van der Waals surface area (Å²) in [7, 11) is 0. The lowest BCUT2D eigenvalue weighted by Gasteiger charge is -2.37. The van der Waals surface area contributed by atoms with Gasteiger partial charge in [0.15, 0.2) is 11.5 Å². The summed E-state index contributed by atoms with van der Waals surface area (Å²) in [5, 5.41) is 3.52. The normalized spacial score (nSPS) is 23.9. The average Bonchev–Trinajstić information content (AvgIpc) is 3.39. The lowest BCUT2D eigenvalue weighted by molar-refractivity contribution is 0.257. The quantitative estimate of drug-likeness (QED) is 0.740. The molecule has 3 aliphatic heterocycles. The topological polar surface area (TPSA) is 67.5 Å². The van der Waals surface area contributed by atoms with Crippen molar-refractivity contribution in [1.29, 1.82) is 0 Å². The number of rotatable bonds is 2. The van der Waals surface area contributed by atoms with E-state index in [-0.39, 0.29) is 5.56 Å². The van der Waals surface area contributed by atoms with Gasteiger partial charge < -0.3 is 14.8 Å². The smallest absolute Gasteiger partial charge is 0.251 e. The van der Waals surface area contributed by atoms with Gasteiger partial charge in [0.1, 0.15) is 0 Å². The third-order valence-corrected chi connectivity index (χ3v) is 6.57. The van der Waals surface area contributed by atoms with E-state index in [0.717, 1.165) is 61.1 Å². The molecule has 0 unspecified atom stereocenters. The van der Waals surface area contributed by atoms with Crippen LogP contribution in [0.15, 0.2) is 35.5 Å². The highest BCUT2D eigenvalue weighted by molar-refractivity contribution is 5.71. The van der Waals surface area contributed by atoms with Gasteiger partial charge in [0.25, 0.3) is 5.56 Å². The zero-order valence-electron chi connectivity index (χ0n) is 15.8. The van der Waals surface area contributed by atoms with Gasteiger partial charge in [0, 0.05) is 61.8 Å². The van der Waals surface area contributed by atoms with Gasteiger partial charge in [0.05, 0.1) is 11.9 Å². The van der Waals surface area contributed by atoms with Gasteiger partial charge in [-0.25, -0.2) is 9.97 Å². The van der Waals surface area contributed by atoms with Crippen LogP contribution in [0.4, 0.5) is 5.82 Å². The van der Waals surface area contributed by atoms with Crippen molar-refractivity contribution in [2.45, 2.75) is 31.7 Å². The maximum atomic E-state index is 12.9. The Morgan fingerprint density at radius 1 is 1.11 bits per heavy atom. The van der Waals surface area contributed by atoms with Gasteiger partial charge >= 0.3 is 0 Å². The summed E-state index contributed by atoms with van der Waals surface area (Å²) in [6.45, 7) is 4.86. The molecule has 2 bridgehead atoms. The second-order valence-corrected chi connectivity index (χ2v) is 8.36. The first kappa shape index (κ1) is 16.3. The molecule has 3 aliphatic rings. The van der Waals surface area contributed by atoms with Crippen LogP contribution >= 0.6 is 0 Å². The molecule has 6 heterocycles. The predicted molar refractivity (Wildman–Crippen MR) is 108 cm³/mol. The van der Waals surface area contributed by atoms with E-state index in [9.17, 15) is 4.79 Å². The largest absolute Gasteiger partial charge is 0.354 e. The van der Waals surface area contributed by atoms with Crippen molar-refractivity contribution in [2.24, 2.45) is 5.92 Å². The molecule has 0 aliphatic carbocycles. The summed E-state index contributed by atoms with van der Waals surface area (Å²) >= 11 is 0. The standard InChI is InChI=1S/C21H24N6O/c28-19-9-15(8-17-16-7-14(10-22-11-16)13-27(17)19)18-12-24-21-20(23-3-6-26(18)21)25-4-1-2-5-25/h3,6,8-9,12,14,16,22H,1-2,4-5,7,10-11,13H2/t14-,16+/m0/s1. The molecule has 0 spiro atoms. The molecule has 1 N–H and O–H groups in total. The maximum absolute atomic E-state index is 12.9. The van der Waals surface area contributed by atoms with E-state index in [1.165, 1.54) is 19.3 Å². The van der Waals surface area contributed by atoms with E-state index in [0.29, 0.717) is 11.8 Å². The van der Waals surface area contributed by atoms with Crippen molar-refractivity contribution in [3.8, 4) is 11.3 Å². The Morgan fingerprint density at radius 2 is 2.00 bits per heavy atom. The number of hydrogen-bond donors (Lipinski definition) is 1. The number of aromatic nitrogens is 4. The van der Waals surface area contributed by atoms with Crippen LogP contribution in [0.25, 0.3) is 16.9 Å². The summed E-state index contributed by atoms with van der Waals surface area (Å²) < 4.78 is 4.07. The number of nitrogens with one attached hydrogen (secondary N) is 1. The van der Waals surface area contributed by atoms with Crippen LogP contribution in [0.1, 0.15) is 30.9 Å². The minimum atomic E-state index is 0.105. The molecule has 0 saturated carbocycles. The van der Waals surface area contributed by atoms with Crippen molar-refractivity contribution in [2.75, 3.05) is 31.1 Å². The molecule has 7 heteroatoms. The van der Waals surface area contributed by atoms with Gasteiger partial charge in [-0.3, -0.25) is 9.20 Å². The molecule has 144 valence electrons. The highest BCUT2D eigenvalue weighted by Gasteiger charge is 2.31. The van der Waals surface area contributed by atoms with Crippen molar-refractivity contribution < 1.29 is 0 Å². The summed E-state index contributed by atoms with van der Waals surface area (Å²) in [6, 6.07) is 3.98. The molecule has 0 amide bonds. The van der Waals surface area contributed by atoms with Crippen molar-refractivity contribution in [1.82, 2.24) is 24.3 Å². The van der Waals surface area contributed by atoms with E-state index in [1.54, 1.807) is 6.07 Å². The Morgan fingerprint density at radius 3 is 2.89 bits per heavy atom. The van der Waals surface area contributed by atoms with E-state index >= 15 is 0 Å². The van der Waals surface area contributed by atoms with Crippen molar-refractivity contribution in [3.63, 3.8) is 0 Å². The fourth-order valence-electron chi connectivity index (χ4n) is 5.22. The molecule has 2 saturated heterocycles. The zero-order chi connectivity index (χ0) is 18.7. The van der Waals surface area contributed by atoms with E-state index in [1.807, 2.05) is 23.2 Å². The van der Waals surface area contributed by atoms with Gasteiger partial charge in [-0.2, -0.15) is 0 Å². The lowest BCUT2D eigenvalue weighted by atomic mass is 9.83. The number of imidazole rings is 1. The fourth-order valence-corrected chi connectivity index (χ4v) is 5.22. The summed E-state index contributed by atoms with van der Waals surface area (Å²) in [6.07, 6.45) is 9.25. The number of anilines is 1.